The molecule has 2 aromatic rings. The Morgan fingerprint density at radius 2 is 1.47 bits per heavy atom. The van der Waals surface area contributed by atoms with E-state index in [2.05, 4.69) is 36.7 Å². The van der Waals surface area contributed by atoms with E-state index in [9.17, 15) is 14.4 Å². The molecular formula is C24H31N3O3. The Labute approximate surface area is 178 Å². The molecule has 0 radical (unpaired) electrons. The topological polar surface area (TPSA) is 87.3 Å². The van der Waals surface area contributed by atoms with Gasteiger partial charge in [-0.3, -0.25) is 14.4 Å². The van der Waals surface area contributed by atoms with Crippen molar-refractivity contribution in [2.75, 3.05) is 11.9 Å². The summed E-state index contributed by atoms with van der Waals surface area (Å²) in [5.41, 5.74) is 3.33. The molecule has 0 saturated heterocycles. The second-order valence-electron chi connectivity index (χ2n) is 8.28. The van der Waals surface area contributed by atoms with Crippen molar-refractivity contribution in [3.05, 3.63) is 65.2 Å². The largest absolute Gasteiger partial charge is 0.350 e. The summed E-state index contributed by atoms with van der Waals surface area (Å²) < 4.78 is 0. The number of amides is 3. The lowest BCUT2D eigenvalue weighted by Gasteiger charge is -2.19. The van der Waals surface area contributed by atoms with Crippen molar-refractivity contribution in [2.24, 2.45) is 0 Å². The molecule has 0 aromatic heterocycles. The van der Waals surface area contributed by atoms with Crippen LogP contribution in [-0.4, -0.2) is 24.3 Å². The molecule has 0 spiro atoms. The minimum absolute atomic E-state index is 0.0117. The molecule has 2 aromatic carbocycles. The summed E-state index contributed by atoms with van der Waals surface area (Å²) in [6, 6.07) is 14.7. The summed E-state index contributed by atoms with van der Waals surface area (Å²) in [6.45, 7) is 8.55. The maximum atomic E-state index is 12.2. The summed E-state index contributed by atoms with van der Waals surface area (Å²) in [5.74, 6) is -0.560. The Balaban J connectivity index is 1.76. The van der Waals surface area contributed by atoms with Crippen molar-refractivity contribution in [1.29, 1.82) is 0 Å². The fourth-order valence-corrected chi connectivity index (χ4v) is 2.80. The van der Waals surface area contributed by atoms with Crippen LogP contribution in [0.15, 0.2) is 48.5 Å². The van der Waals surface area contributed by atoms with Crippen LogP contribution in [0, 0.1) is 0 Å². The molecule has 0 saturated carbocycles. The summed E-state index contributed by atoms with van der Waals surface area (Å²) in [4.78, 5) is 35.9. The Hall–Kier alpha value is -3.15. The van der Waals surface area contributed by atoms with Gasteiger partial charge in [0.15, 0.2) is 0 Å². The van der Waals surface area contributed by atoms with Gasteiger partial charge >= 0.3 is 0 Å². The molecular weight excluding hydrogens is 378 g/mol. The molecule has 6 heteroatoms. The van der Waals surface area contributed by atoms with Gasteiger partial charge in [0.1, 0.15) is 0 Å². The summed E-state index contributed by atoms with van der Waals surface area (Å²) in [7, 11) is 0. The van der Waals surface area contributed by atoms with Crippen molar-refractivity contribution < 1.29 is 14.4 Å². The number of carbonyl (C=O) groups excluding carboxylic acids is 3. The van der Waals surface area contributed by atoms with Gasteiger partial charge < -0.3 is 16.0 Å². The number of benzene rings is 2. The highest BCUT2D eigenvalue weighted by Crippen LogP contribution is 2.22. The second kappa shape index (κ2) is 10.6. The average Bonchev–Trinajstić information content (AvgIpc) is 2.71. The van der Waals surface area contributed by atoms with E-state index in [4.69, 9.17) is 0 Å². The van der Waals surface area contributed by atoms with Gasteiger partial charge in [-0.2, -0.15) is 0 Å². The minimum Gasteiger partial charge on any atom is -0.350 e. The second-order valence-corrected chi connectivity index (χ2v) is 8.28. The van der Waals surface area contributed by atoms with Crippen molar-refractivity contribution in [1.82, 2.24) is 10.6 Å². The quantitative estimate of drug-likeness (QED) is 0.620. The Morgan fingerprint density at radius 1 is 0.833 bits per heavy atom. The van der Waals surface area contributed by atoms with Gasteiger partial charge in [-0.25, -0.2) is 0 Å². The molecule has 160 valence electrons. The molecule has 0 aliphatic rings. The standard InChI is InChI=1S/C24H31N3O3/c1-5-6-21(28)27-20-13-7-17(8-14-20)15-25-22(29)16-26-23(30)18-9-11-19(12-10-18)24(2,3)4/h7-14H,5-6,15-16H2,1-4H3,(H,25,29)(H,26,30)(H,27,28). The van der Waals surface area contributed by atoms with Crippen molar-refractivity contribution in [2.45, 2.75) is 52.5 Å². The van der Waals surface area contributed by atoms with Crippen LogP contribution >= 0.6 is 0 Å². The van der Waals surface area contributed by atoms with Gasteiger partial charge in [-0.15, -0.1) is 0 Å². The number of nitrogens with one attached hydrogen (secondary N) is 3. The first kappa shape index (κ1) is 23.1. The molecule has 0 atom stereocenters. The molecule has 3 N–H and O–H groups in total. The molecule has 3 amide bonds. The molecule has 30 heavy (non-hydrogen) atoms. The lowest BCUT2D eigenvalue weighted by Crippen LogP contribution is -2.36. The first-order valence-electron chi connectivity index (χ1n) is 10.2. The molecule has 0 fully saturated rings. The zero-order chi connectivity index (χ0) is 22.1. The SMILES string of the molecule is CCCC(=O)Nc1ccc(CNC(=O)CNC(=O)c2ccc(C(C)(C)C)cc2)cc1. The van der Waals surface area contributed by atoms with Crippen molar-refractivity contribution in [3.63, 3.8) is 0 Å². The third-order valence-electron chi connectivity index (χ3n) is 4.63. The maximum absolute atomic E-state index is 12.2. The molecule has 0 bridgehead atoms. The first-order valence-corrected chi connectivity index (χ1v) is 10.2. The zero-order valence-electron chi connectivity index (χ0n) is 18.2. The van der Waals surface area contributed by atoms with Crippen LogP contribution in [0.25, 0.3) is 0 Å². The third-order valence-corrected chi connectivity index (χ3v) is 4.63. The molecule has 0 aliphatic heterocycles. The van der Waals surface area contributed by atoms with Crippen LogP contribution in [0.4, 0.5) is 5.69 Å². The summed E-state index contributed by atoms with van der Waals surface area (Å²) in [6.07, 6.45) is 1.29. The molecule has 0 unspecified atom stereocenters. The van der Waals surface area contributed by atoms with E-state index in [1.54, 1.807) is 24.3 Å². The van der Waals surface area contributed by atoms with Gasteiger partial charge in [0, 0.05) is 24.2 Å². The van der Waals surface area contributed by atoms with Crippen LogP contribution in [0.3, 0.4) is 0 Å². The van der Waals surface area contributed by atoms with Crippen molar-refractivity contribution >= 4 is 23.4 Å². The van der Waals surface area contributed by atoms with Gasteiger partial charge in [0.2, 0.25) is 11.8 Å². The van der Waals surface area contributed by atoms with Gasteiger partial charge in [-0.05, 0) is 47.2 Å². The van der Waals surface area contributed by atoms with E-state index >= 15 is 0 Å². The van der Waals surface area contributed by atoms with Crippen LogP contribution in [0.5, 0.6) is 0 Å². The van der Waals surface area contributed by atoms with E-state index in [-0.39, 0.29) is 29.7 Å². The van der Waals surface area contributed by atoms with E-state index < -0.39 is 0 Å². The smallest absolute Gasteiger partial charge is 0.251 e. The van der Waals surface area contributed by atoms with Gasteiger partial charge in [0.25, 0.3) is 5.91 Å². The molecule has 0 heterocycles. The highest BCUT2D eigenvalue weighted by Gasteiger charge is 2.14. The number of hydrogen-bond donors (Lipinski definition) is 3. The zero-order valence-corrected chi connectivity index (χ0v) is 18.2. The minimum atomic E-state index is -0.280. The number of anilines is 1. The fourth-order valence-electron chi connectivity index (χ4n) is 2.80. The lowest BCUT2D eigenvalue weighted by molar-refractivity contribution is -0.120. The molecule has 6 nitrogen and oxygen atoms in total. The first-order chi connectivity index (χ1) is 14.2. The van der Waals surface area contributed by atoms with E-state index in [1.165, 1.54) is 0 Å². The highest BCUT2D eigenvalue weighted by atomic mass is 16.2. The highest BCUT2D eigenvalue weighted by molar-refractivity contribution is 5.96. The number of hydrogen-bond acceptors (Lipinski definition) is 3. The van der Waals surface area contributed by atoms with Gasteiger partial charge in [-0.1, -0.05) is 52.0 Å². The van der Waals surface area contributed by atoms with Crippen LogP contribution in [-0.2, 0) is 21.5 Å². The molecule has 0 aliphatic carbocycles. The van der Waals surface area contributed by atoms with Crippen LogP contribution in [0.1, 0.15) is 62.0 Å². The van der Waals surface area contributed by atoms with Crippen LogP contribution < -0.4 is 16.0 Å². The third kappa shape index (κ3) is 7.35. The monoisotopic (exact) mass is 409 g/mol. The van der Waals surface area contributed by atoms with Gasteiger partial charge in [0.05, 0.1) is 6.54 Å². The molecule has 2 rings (SSSR count). The van der Waals surface area contributed by atoms with E-state index in [1.807, 2.05) is 31.2 Å². The Morgan fingerprint density at radius 3 is 2.03 bits per heavy atom. The van der Waals surface area contributed by atoms with E-state index in [0.29, 0.717) is 18.5 Å². The predicted octanol–water partition coefficient (Wildman–Crippen LogP) is 3.77. The van der Waals surface area contributed by atoms with Crippen molar-refractivity contribution in [3.8, 4) is 0 Å². The lowest BCUT2D eigenvalue weighted by atomic mass is 9.87. The normalized spacial score (nSPS) is 10.9. The predicted molar refractivity (Wildman–Crippen MR) is 119 cm³/mol. The average molecular weight is 410 g/mol. The number of carbonyl (C=O) groups is 3. The maximum Gasteiger partial charge on any atom is 0.251 e. The van der Waals surface area contributed by atoms with E-state index in [0.717, 1.165) is 23.2 Å². The number of rotatable bonds is 8. The summed E-state index contributed by atoms with van der Waals surface area (Å²) >= 11 is 0. The Bertz CT molecular complexity index is 866. The summed E-state index contributed by atoms with van der Waals surface area (Å²) in [5, 5.41) is 8.23. The fraction of sp³-hybridized carbons (Fsp3) is 0.375. The van der Waals surface area contributed by atoms with Crippen LogP contribution in [0.2, 0.25) is 0 Å². The Kier molecular flexibility index (Phi) is 8.16.